The molecule has 2 unspecified atom stereocenters. The highest BCUT2D eigenvalue weighted by molar-refractivity contribution is 7.62. The molecule has 0 aliphatic carbocycles. The number of hydrogen-bond donors (Lipinski definition) is 0. The summed E-state index contributed by atoms with van der Waals surface area (Å²) in [7, 11) is 0.303. The highest BCUT2D eigenvalue weighted by atomic mass is 31.2. The lowest BCUT2D eigenvalue weighted by Gasteiger charge is -2.14. The molecule has 142 valence electrons. The van der Waals surface area contributed by atoms with E-state index in [4.69, 9.17) is 13.8 Å². The summed E-state index contributed by atoms with van der Waals surface area (Å²) in [6.45, 7) is 1.83. The highest BCUT2D eigenvalue weighted by Gasteiger charge is 2.45. The van der Waals surface area contributed by atoms with Gasteiger partial charge in [0.2, 0.25) is 0 Å². The molecule has 0 aromatic heterocycles. The van der Waals surface area contributed by atoms with E-state index in [1.54, 1.807) is 19.1 Å². The van der Waals surface area contributed by atoms with Gasteiger partial charge in [-0.15, -0.1) is 0 Å². The first kappa shape index (κ1) is 20.2. The van der Waals surface area contributed by atoms with E-state index in [-0.39, 0.29) is 13.0 Å². The van der Waals surface area contributed by atoms with Crippen LogP contribution < -0.4 is 10.0 Å². The van der Waals surface area contributed by atoms with Gasteiger partial charge in [0.25, 0.3) is 0 Å². The number of esters is 2. The molecule has 0 saturated heterocycles. The minimum atomic E-state index is -3.69. The summed E-state index contributed by atoms with van der Waals surface area (Å²) in [5.74, 6) is -0.630. The van der Waals surface area contributed by atoms with Crippen LogP contribution in [0.25, 0.3) is 6.08 Å². The van der Waals surface area contributed by atoms with E-state index in [0.29, 0.717) is 22.2 Å². The molecule has 8 nitrogen and oxygen atoms in total. The van der Waals surface area contributed by atoms with Crippen LogP contribution in [0.15, 0.2) is 18.2 Å². The van der Waals surface area contributed by atoms with Crippen molar-refractivity contribution in [2.75, 3.05) is 27.9 Å². The molecule has 0 spiro atoms. The van der Waals surface area contributed by atoms with Gasteiger partial charge in [-0.05, 0) is 30.7 Å². The van der Waals surface area contributed by atoms with Crippen molar-refractivity contribution in [1.29, 1.82) is 0 Å². The molecule has 2 atom stereocenters. The standard InChI is InChI=1S/C17H21O8P/c1-5-24-26(20)17-11(6-7-15(18)22-3)8-12(21-2)9-13(17)14(25-26)10-16(19)23-4/h6-9,14H,5,10H2,1-4H3. The Labute approximate surface area is 151 Å². The maximum absolute atomic E-state index is 13.3. The maximum atomic E-state index is 13.3. The Morgan fingerprint density at radius 2 is 1.96 bits per heavy atom. The second-order valence-electron chi connectivity index (χ2n) is 5.30. The third kappa shape index (κ3) is 4.15. The van der Waals surface area contributed by atoms with E-state index in [2.05, 4.69) is 9.47 Å². The van der Waals surface area contributed by atoms with Crippen molar-refractivity contribution in [1.82, 2.24) is 0 Å². The van der Waals surface area contributed by atoms with Crippen molar-refractivity contribution in [3.05, 3.63) is 29.3 Å². The predicted molar refractivity (Wildman–Crippen MR) is 93.4 cm³/mol. The van der Waals surface area contributed by atoms with Crippen LogP contribution in [0, 0.1) is 0 Å². The second-order valence-corrected chi connectivity index (χ2v) is 7.21. The average Bonchev–Trinajstić information content (AvgIpc) is 2.91. The van der Waals surface area contributed by atoms with E-state index in [1.165, 1.54) is 33.5 Å². The van der Waals surface area contributed by atoms with Crippen molar-refractivity contribution in [2.24, 2.45) is 0 Å². The zero-order valence-corrected chi connectivity index (χ0v) is 15.9. The summed E-state index contributed by atoms with van der Waals surface area (Å²) in [4.78, 5) is 23.1. The third-order valence-electron chi connectivity index (χ3n) is 3.74. The van der Waals surface area contributed by atoms with Gasteiger partial charge < -0.3 is 18.7 Å². The van der Waals surface area contributed by atoms with Gasteiger partial charge in [0.05, 0.1) is 39.7 Å². The van der Waals surface area contributed by atoms with Gasteiger partial charge in [-0.25, -0.2) is 4.79 Å². The second kappa shape index (κ2) is 8.49. The number of hydrogen-bond acceptors (Lipinski definition) is 8. The fourth-order valence-corrected chi connectivity index (χ4v) is 4.75. The van der Waals surface area contributed by atoms with Gasteiger partial charge in [-0.2, -0.15) is 0 Å². The first-order chi connectivity index (χ1) is 12.4. The van der Waals surface area contributed by atoms with Crippen LogP contribution in [-0.4, -0.2) is 39.9 Å². The zero-order valence-electron chi connectivity index (χ0n) is 15.0. The van der Waals surface area contributed by atoms with Crippen molar-refractivity contribution >= 4 is 30.9 Å². The lowest BCUT2D eigenvalue weighted by Crippen LogP contribution is -2.13. The van der Waals surface area contributed by atoms with E-state index >= 15 is 0 Å². The summed E-state index contributed by atoms with van der Waals surface area (Å²) in [5.41, 5.74) is 0.921. The SMILES string of the molecule is CCOP1(=O)OC(CC(=O)OC)c2cc(OC)cc(C=CC(=O)OC)c21. The smallest absolute Gasteiger partial charge is 0.362 e. The molecule has 26 heavy (non-hydrogen) atoms. The molecule has 1 aromatic carbocycles. The van der Waals surface area contributed by atoms with Gasteiger partial charge in [0.15, 0.2) is 0 Å². The zero-order chi connectivity index (χ0) is 19.3. The van der Waals surface area contributed by atoms with Crippen LogP contribution in [0.3, 0.4) is 0 Å². The summed E-state index contributed by atoms with van der Waals surface area (Å²) >= 11 is 0. The number of carbonyl (C=O) groups is 2. The number of ether oxygens (including phenoxy) is 3. The fraction of sp³-hybridized carbons (Fsp3) is 0.412. The van der Waals surface area contributed by atoms with Crippen LogP contribution in [0.1, 0.15) is 30.6 Å². The Kier molecular flexibility index (Phi) is 6.58. The Bertz CT molecular complexity index is 770. The topological polar surface area (TPSA) is 97.4 Å². The lowest BCUT2D eigenvalue weighted by atomic mass is 10.0. The summed E-state index contributed by atoms with van der Waals surface area (Å²) in [6.07, 6.45) is 1.70. The molecule has 1 aliphatic heterocycles. The highest BCUT2D eigenvalue weighted by Crippen LogP contribution is 2.59. The fourth-order valence-electron chi connectivity index (χ4n) is 2.61. The number of rotatable bonds is 7. The molecule has 1 heterocycles. The van der Waals surface area contributed by atoms with Gasteiger partial charge in [0.1, 0.15) is 11.9 Å². The molecule has 9 heteroatoms. The summed E-state index contributed by atoms with van der Waals surface area (Å²) in [6, 6.07) is 3.24. The molecule has 0 amide bonds. The molecule has 0 fully saturated rings. The van der Waals surface area contributed by atoms with Crippen LogP contribution in [-0.2, 0) is 32.7 Å². The first-order valence-electron chi connectivity index (χ1n) is 7.86. The Balaban J connectivity index is 2.61. The molecular formula is C17H21O8P. The normalized spacial score (nSPS) is 21.5. The van der Waals surface area contributed by atoms with E-state index < -0.39 is 25.6 Å². The molecule has 0 saturated carbocycles. The third-order valence-corrected chi connectivity index (χ3v) is 5.94. The quantitative estimate of drug-likeness (QED) is 0.402. The Morgan fingerprint density at radius 3 is 2.54 bits per heavy atom. The molecule has 0 radical (unpaired) electrons. The van der Waals surface area contributed by atoms with E-state index in [9.17, 15) is 14.2 Å². The molecule has 0 N–H and O–H groups in total. The van der Waals surface area contributed by atoms with E-state index in [0.717, 1.165) is 0 Å². The van der Waals surface area contributed by atoms with Crippen LogP contribution in [0.5, 0.6) is 5.75 Å². The van der Waals surface area contributed by atoms with Gasteiger partial charge in [0, 0.05) is 11.6 Å². The lowest BCUT2D eigenvalue weighted by molar-refractivity contribution is -0.142. The summed E-state index contributed by atoms with van der Waals surface area (Å²) in [5, 5.41) is 0.300. The number of methoxy groups -OCH3 is 3. The van der Waals surface area contributed by atoms with Gasteiger partial charge >= 0.3 is 19.5 Å². The van der Waals surface area contributed by atoms with Crippen LogP contribution >= 0.6 is 7.60 Å². The minimum absolute atomic E-state index is 0.131. The average molecular weight is 384 g/mol. The predicted octanol–water partition coefficient (Wildman–Crippen LogP) is 2.37. The Morgan fingerprint density at radius 1 is 1.23 bits per heavy atom. The first-order valence-corrected chi connectivity index (χ1v) is 9.41. The van der Waals surface area contributed by atoms with E-state index in [1.807, 2.05) is 0 Å². The number of benzene rings is 1. The molecule has 1 aromatic rings. The molecule has 0 bridgehead atoms. The number of carbonyl (C=O) groups excluding carboxylic acids is 2. The largest absolute Gasteiger partial charge is 0.497 e. The Hall–Kier alpha value is -2.15. The monoisotopic (exact) mass is 384 g/mol. The van der Waals surface area contributed by atoms with Crippen LogP contribution in [0.4, 0.5) is 0 Å². The van der Waals surface area contributed by atoms with Gasteiger partial charge in [-0.3, -0.25) is 13.9 Å². The van der Waals surface area contributed by atoms with Crippen molar-refractivity contribution < 1.29 is 37.4 Å². The molecule has 2 rings (SSSR count). The van der Waals surface area contributed by atoms with Crippen molar-refractivity contribution in [3.63, 3.8) is 0 Å². The molecule has 1 aliphatic rings. The maximum Gasteiger partial charge on any atom is 0.362 e. The van der Waals surface area contributed by atoms with Gasteiger partial charge in [-0.1, -0.05) is 0 Å². The van der Waals surface area contributed by atoms with Crippen molar-refractivity contribution in [2.45, 2.75) is 19.4 Å². The molecular weight excluding hydrogens is 363 g/mol. The van der Waals surface area contributed by atoms with Crippen molar-refractivity contribution in [3.8, 4) is 5.75 Å². The minimum Gasteiger partial charge on any atom is -0.497 e. The van der Waals surface area contributed by atoms with Crippen LogP contribution in [0.2, 0.25) is 0 Å². The number of fused-ring (bicyclic) bond motifs is 1. The summed E-state index contributed by atoms with van der Waals surface area (Å²) < 4.78 is 38.8.